The highest BCUT2D eigenvalue weighted by Crippen LogP contribution is 2.33. The molecule has 0 saturated heterocycles. The number of fused-ring (bicyclic) bond motifs is 1. The van der Waals surface area contributed by atoms with Gasteiger partial charge in [0.1, 0.15) is 0 Å². The van der Waals surface area contributed by atoms with Gasteiger partial charge in [-0.1, -0.05) is 41.5 Å². The number of hydrogen-bond donors (Lipinski definition) is 1. The number of anilines is 1. The summed E-state index contributed by atoms with van der Waals surface area (Å²) in [5, 5.41) is 2.90. The van der Waals surface area contributed by atoms with Crippen molar-refractivity contribution in [2.45, 2.75) is 13.8 Å². The number of aryl methyl sites for hydroxylation is 2. The van der Waals surface area contributed by atoms with Crippen LogP contribution in [-0.2, 0) is 4.79 Å². The number of benzene rings is 2. The Hall–Kier alpha value is -2.35. The molecule has 0 aromatic heterocycles. The Balaban J connectivity index is 2.08. The van der Waals surface area contributed by atoms with E-state index in [1.165, 1.54) is 5.56 Å². The monoisotopic (exact) mass is 249 g/mol. The molecule has 0 saturated carbocycles. The summed E-state index contributed by atoms with van der Waals surface area (Å²) in [7, 11) is 0. The van der Waals surface area contributed by atoms with Gasteiger partial charge in [-0.15, -0.1) is 0 Å². The summed E-state index contributed by atoms with van der Waals surface area (Å²) in [6, 6.07) is 14.2. The van der Waals surface area contributed by atoms with E-state index in [0.717, 1.165) is 28.0 Å². The average molecular weight is 249 g/mol. The zero-order valence-corrected chi connectivity index (χ0v) is 11.0. The Bertz CT molecular complexity index is 681. The third-order valence-electron chi connectivity index (χ3n) is 3.35. The third-order valence-corrected chi connectivity index (χ3v) is 3.35. The molecule has 0 bridgehead atoms. The van der Waals surface area contributed by atoms with Crippen molar-refractivity contribution in [1.29, 1.82) is 0 Å². The van der Waals surface area contributed by atoms with E-state index < -0.39 is 0 Å². The van der Waals surface area contributed by atoms with E-state index in [9.17, 15) is 4.79 Å². The van der Waals surface area contributed by atoms with E-state index in [1.807, 2.05) is 43.3 Å². The van der Waals surface area contributed by atoms with Crippen molar-refractivity contribution in [3.8, 4) is 0 Å². The van der Waals surface area contributed by atoms with Gasteiger partial charge in [-0.3, -0.25) is 4.79 Å². The predicted molar refractivity (Wildman–Crippen MR) is 78.9 cm³/mol. The predicted octanol–water partition coefficient (Wildman–Crippen LogP) is 3.80. The minimum Gasteiger partial charge on any atom is -0.321 e. The molecule has 2 nitrogen and oxygen atoms in total. The fourth-order valence-corrected chi connectivity index (χ4v) is 2.27. The Morgan fingerprint density at radius 2 is 1.63 bits per heavy atom. The van der Waals surface area contributed by atoms with Crippen LogP contribution in [0.3, 0.4) is 0 Å². The Labute approximate surface area is 112 Å². The molecule has 2 aromatic carbocycles. The lowest BCUT2D eigenvalue weighted by molar-refractivity contribution is -0.110. The molecular formula is C17H15NO. The fraction of sp³-hybridized carbons (Fsp3) is 0.118. The molecule has 0 radical (unpaired) electrons. The molecule has 0 unspecified atom stereocenters. The summed E-state index contributed by atoms with van der Waals surface area (Å²) in [6.45, 7) is 4.09. The van der Waals surface area contributed by atoms with Crippen molar-refractivity contribution in [1.82, 2.24) is 0 Å². The summed E-state index contributed by atoms with van der Waals surface area (Å²) in [5.74, 6) is -0.0267. The Kier molecular flexibility index (Phi) is 2.71. The van der Waals surface area contributed by atoms with Crippen LogP contribution in [0.1, 0.15) is 22.3 Å². The van der Waals surface area contributed by atoms with Crippen molar-refractivity contribution >= 4 is 23.2 Å². The second-order valence-electron chi connectivity index (χ2n) is 4.97. The lowest BCUT2D eigenvalue weighted by atomic mass is 10.0. The summed E-state index contributed by atoms with van der Waals surface area (Å²) in [4.78, 5) is 12.0. The van der Waals surface area contributed by atoms with Crippen LogP contribution in [0.15, 0.2) is 42.5 Å². The molecule has 2 aromatic rings. The number of nitrogens with one attached hydrogen (secondary N) is 1. The minimum atomic E-state index is -0.0267. The van der Waals surface area contributed by atoms with Gasteiger partial charge in [-0.25, -0.2) is 0 Å². The van der Waals surface area contributed by atoms with Crippen molar-refractivity contribution in [2.24, 2.45) is 0 Å². The van der Waals surface area contributed by atoms with Crippen molar-refractivity contribution in [3.05, 3.63) is 64.7 Å². The van der Waals surface area contributed by atoms with Crippen LogP contribution in [-0.4, -0.2) is 5.91 Å². The van der Waals surface area contributed by atoms with Crippen LogP contribution >= 0.6 is 0 Å². The highest BCUT2D eigenvalue weighted by molar-refractivity contribution is 6.34. The molecule has 2 heteroatoms. The van der Waals surface area contributed by atoms with Gasteiger partial charge in [0.05, 0.1) is 0 Å². The fourth-order valence-electron chi connectivity index (χ4n) is 2.27. The number of rotatable bonds is 1. The first-order valence-electron chi connectivity index (χ1n) is 6.34. The topological polar surface area (TPSA) is 29.1 Å². The maximum atomic E-state index is 12.0. The summed E-state index contributed by atoms with van der Waals surface area (Å²) >= 11 is 0. The summed E-state index contributed by atoms with van der Waals surface area (Å²) < 4.78 is 0. The SMILES string of the molecule is Cc1ccc(C=C2C(=O)Nc3ccc(C)cc32)cc1. The maximum Gasteiger partial charge on any atom is 0.256 e. The van der Waals surface area contributed by atoms with Gasteiger partial charge in [0.2, 0.25) is 0 Å². The van der Waals surface area contributed by atoms with Gasteiger partial charge in [0, 0.05) is 16.8 Å². The number of amides is 1. The van der Waals surface area contributed by atoms with E-state index in [1.54, 1.807) is 0 Å². The standard InChI is InChI=1S/C17H15NO/c1-11-3-6-13(7-4-11)10-15-14-9-12(2)5-8-16(14)18-17(15)19/h3-10H,1-2H3,(H,18,19). The van der Waals surface area contributed by atoms with E-state index in [2.05, 4.69) is 24.4 Å². The quantitative estimate of drug-likeness (QED) is 0.765. The van der Waals surface area contributed by atoms with Crippen molar-refractivity contribution in [3.63, 3.8) is 0 Å². The van der Waals surface area contributed by atoms with Crippen molar-refractivity contribution < 1.29 is 4.79 Å². The molecule has 94 valence electrons. The normalized spacial score (nSPS) is 15.5. The molecule has 1 N–H and O–H groups in total. The number of hydrogen-bond acceptors (Lipinski definition) is 1. The van der Waals surface area contributed by atoms with Gasteiger partial charge >= 0.3 is 0 Å². The van der Waals surface area contributed by atoms with Gasteiger partial charge in [-0.05, 0) is 37.6 Å². The molecular weight excluding hydrogens is 234 g/mol. The van der Waals surface area contributed by atoms with Crippen molar-refractivity contribution in [2.75, 3.05) is 5.32 Å². The van der Waals surface area contributed by atoms with Crippen LogP contribution in [0.4, 0.5) is 5.69 Å². The number of carbonyl (C=O) groups is 1. The third kappa shape index (κ3) is 2.17. The molecule has 19 heavy (non-hydrogen) atoms. The first-order chi connectivity index (χ1) is 9.13. The largest absolute Gasteiger partial charge is 0.321 e. The summed E-state index contributed by atoms with van der Waals surface area (Å²) in [5.41, 5.74) is 6.05. The molecule has 1 aliphatic heterocycles. The maximum absolute atomic E-state index is 12.0. The van der Waals surface area contributed by atoms with Gasteiger partial charge in [0.15, 0.2) is 0 Å². The Morgan fingerprint density at radius 3 is 2.37 bits per heavy atom. The lowest BCUT2D eigenvalue weighted by Gasteiger charge is -2.01. The Morgan fingerprint density at radius 1 is 0.947 bits per heavy atom. The minimum absolute atomic E-state index is 0.0267. The highest BCUT2D eigenvalue weighted by Gasteiger charge is 2.23. The van der Waals surface area contributed by atoms with Crippen LogP contribution in [0.25, 0.3) is 11.6 Å². The second-order valence-corrected chi connectivity index (χ2v) is 4.97. The molecule has 1 amide bonds. The molecule has 0 spiro atoms. The van der Waals surface area contributed by atoms with Crippen LogP contribution in [0, 0.1) is 13.8 Å². The molecule has 1 heterocycles. The molecule has 1 aliphatic rings. The zero-order valence-electron chi connectivity index (χ0n) is 11.0. The van der Waals surface area contributed by atoms with Gasteiger partial charge in [-0.2, -0.15) is 0 Å². The molecule has 0 aliphatic carbocycles. The molecule has 0 fully saturated rings. The van der Waals surface area contributed by atoms with E-state index in [-0.39, 0.29) is 5.91 Å². The van der Waals surface area contributed by atoms with E-state index in [0.29, 0.717) is 0 Å². The van der Waals surface area contributed by atoms with E-state index >= 15 is 0 Å². The molecule has 0 atom stereocenters. The van der Waals surface area contributed by atoms with Crippen LogP contribution in [0.2, 0.25) is 0 Å². The number of carbonyl (C=O) groups excluding carboxylic acids is 1. The average Bonchev–Trinajstić information content (AvgIpc) is 2.69. The van der Waals surface area contributed by atoms with Gasteiger partial charge in [0.25, 0.3) is 5.91 Å². The first kappa shape index (κ1) is 11.7. The van der Waals surface area contributed by atoms with Crippen LogP contribution in [0.5, 0.6) is 0 Å². The lowest BCUT2D eigenvalue weighted by Crippen LogP contribution is -2.03. The van der Waals surface area contributed by atoms with Gasteiger partial charge < -0.3 is 5.32 Å². The van der Waals surface area contributed by atoms with E-state index in [4.69, 9.17) is 0 Å². The second kappa shape index (κ2) is 4.39. The smallest absolute Gasteiger partial charge is 0.256 e. The first-order valence-corrected chi connectivity index (χ1v) is 6.34. The molecule has 3 rings (SSSR count). The van der Waals surface area contributed by atoms with Crippen LogP contribution < -0.4 is 5.32 Å². The zero-order chi connectivity index (χ0) is 13.4. The summed E-state index contributed by atoms with van der Waals surface area (Å²) in [6.07, 6.45) is 1.94. The highest BCUT2D eigenvalue weighted by atomic mass is 16.2.